The summed E-state index contributed by atoms with van der Waals surface area (Å²) in [6, 6.07) is 7.54. The van der Waals surface area contributed by atoms with E-state index in [1.165, 1.54) is 18.3 Å². The molecule has 0 saturated carbocycles. The van der Waals surface area contributed by atoms with Crippen LogP contribution in [-0.2, 0) is 0 Å². The van der Waals surface area contributed by atoms with Gasteiger partial charge in [-0.15, -0.1) is 0 Å². The minimum atomic E-state index is -0.449. The number of aliphatic hydroxyl groups is 1. The van der Waals surface area contributed by atoms with Gasteiger partial charge in [-0.25, -0.2) is 0 Å². The minimum absolute atomic E-state index is 0.224. The lowest BCUT2D eigenvalue weighted by Crippen LogP contribution is -2.15. The van der Waals surface area contributed by atoms with Crippen LogP contribution in [0.4, 0.5) is 5.69 Å². The highest BCUT2D eigenvalue weighted by Crippen LogP contribution is 2.23. The predicted octanol–water partition coefficient (Wildman–Crippen LogP) is 1.62. The second kappa shape index (κ2) is 6.75. The van der Waals surface area contributed by atoms with Crippen molar-refractivity contribution < 1.29 is 9.90 Å². The SMILES string of the molecule is O=C(Nc1cc(C#CCO)ccc1Cl)c1cc[nH]c(=O)c1. The molecule has 3 N–H and O–H groups in total. The highest BCUT2D eigenvalue weighted by Gasteiger charge is 2.09. The number of aromatic nitrogens is 1. The number of pyridine rings is 1. The average Bonchev–Trinajstić information content (AvgIpc) is 2.48. The molecule has 1 aromatic carbocycles. The highest BCUT2D eigenvalue weighted by molar-refractivity contribution is 6.34. The molecule has 0 fully saturated rings. The van der Waals surface area contributed by atoms with Gasteiger partial charge in [0.1, 0.15) is 6.61 Å². The molecule has 2 aromatic rings. The zero-order valence-electron chi connectivity index (χ0n) is 10.8. The second-order valence-corrected chi connectivity index (χ2v) is 4.46. The molecule has 0 aliphatic rings. The molecule has 1 heterocycles. The fraction of sp³-hybridized carbons (Fsp3) is 0.0667. The fourth-order valence-corrected chi connectivity index (χ4v) is 1.79. The zero-order chi connectivity index (χ0) is 15.2. The molecular weight excluding hydrogens is 292 g/mol. The molecule has 1 aromatic heterocycles. The average molecular weight is 303 g/mol. The second-order valence-electron chi connectivity index (χ2n) is 4.05. The maximum absolute atomic E-state index is 12.0. The van der Waals surface area contributed by atoms with Gasteiger partial charge < -0.3 is 15.4 Å². The van der Waals surface area contributed by atoms with Crippen molar-refractivity contribution in [2.24, 2.45) is 0 Å². The maximum Gasteiger partial charge on any atom is 0.255 e. The van der Waals surface area contributed by atoms with Crippen LogP contribution < -0.4 is 10.9 Å². The summed E-state index contributed by atoms with van der Waals surface area (Å²) in [7, 11) is 0. The van der Waals surface area contributed by atoms with Gasteiger partial charge in [0.2, 0.25) is 5.56 Å². The van der Waals surface area contributed by atoms with Crippen molar-refractivity contribution >= 4 is 23.2 Å². The first-order valence-corrected chi connectivity index (χ1v) is 6.37. The Labute approximate surface area is 125 Å². The molecule has 6 heteroatoms. The number of halogens is 1. The normalized spacial score (nSPS) is 9.62. The van der Waals surface area contributed by atoms with E-state index < -0.39 is 5.91 Å². The summed E-state index contributed by atoms with van der Waals surface area (Å²) in [5.41, 5.74) is 0.847. The Kier molecular flexibility index (Phi) is 4.77. The summed E-state index contributed by atoms with van der Waals surface area (Å²) in [4.78, 5) is 25.7. The first kappa shape index (κ1) is 14.9. The molecular formula is C15H11ClN2O3. The lowest BCUT2D eigenvalue weighted by molar-refractivity contribution is 0.102. The third-order valence-corrected chi connectivity index (χ3v) is 2.89. The number of hydrogen-bond donors (Lipinski definition) is 3. The number of anilines is 1. The van der Waals surface area contributed by atoms with E-state index in [2.05, 4.69) is 22.1 Å². The van der Waals surface area contributed by atoms with Crippen molar-refractivity contribution in [1.29, 1.82) is 0 Å². The van der Waals surface area contributed by atoms with E-state index in [1.54, 1.807) is 18.2 Å². The number of aromatic amines is 1. The van der Waals surface area contributed by atoms with Crippen LogP contribution in [0.5, 0.6) is 0 Å². The van der Waals surface area contributed by atoms with Crippen LogP contribution in [0.15, 0.2) is 41.3 Å². The van der Waals surface area contributed by atoms with Crippen LogP contribution in [0.1, 0.15) is 15.9 Å². The Morgan fingerprint density at radius 2 is 2.14 bits per heavy atom. The lowest BCUT2D eigenvalue weighted by atomic mass is 10.2. The highest BCUT2D eigenvalue weighted by atomic mass is 35.5. The van der Waals surface area contributed by atoms with Crippen LogP contribution in [0, 0.1) is 11.8 Å². The first-order valence-electron chi connectivity index (χ1n) is 5.99. The van der Waals surface area contributed by atoms with E-state index in [1.807, 2.05) is 0 Å². The number of carbonyl (C=O) groups is 1. The van der Waals surface area contributed by atoms with Crippen molar-refractivity contribution in [3.8, 4) is 11.8 Å². The van der Waals surface area contributed by atoms with Crippen molar-refractivity contribution in [3.63, 3.8) is 0 Å². The Bertz CT molecular complexity index is 787. The topological polar surface area (TPSA) is 82.2 Å². The maximum atomic E-state index is 12.0. The number of amides is 1. The van der Waals surface area contributed by atoms with E-state index in [9.17, 15) is 9.59 Å². The Balaban J connectivity index is 2.26. The number of H-pyrrole nitrogens is 1. The monoisotopic (exact) mass is 302 g/mol. The van der Waals surface area contributed by atoms with E-state index in [-0.39, 0.29) is 17.7 Å². The zero-order valence-corrected chi connectivity index (χ0v) is 11.6. The van der Waals surface area contributed by atoms with Gasteiger partial charge in [-0.1, -0.05) is 23.4 Å². The molecule has 21 heavy (non-hydrogen) atoms. The first-order chi connectivity index (χ1) is 10.1. The fourth-order valence-electron chi connectivity index (χ4n) is 1.62. The number of hydrogen-bond acceptors (Lipinski definition) is 3. The minimum Gasteiger partial charge on any atom is -0.384 e. The predicted molar refractivity (Wildman–Crippen MR) is 80.4 cm³/mol. The summed E-state index contributed by atoms with van der Waals surface area (Å²) >= 11 is 6.01. The Hall–Kier alpha value is -2.55. The van der Waals surface area contributed by atoms with E-state index in [0.717, 1.165) is 0 Å². The molecule has 0 unspecified atom stereocenters. The molecule has 0 spiro atoms. The van der Waals surface area contributed by atoms with Gasteiger partial charge in [-0.2, -0.15) is 0 Å². The van der Waals surface area contributed by atoms with Crippen LogP contribution in [0.2, 0.25) is 5.02 Å². The largest absolute Gasteiger partial charge is 0.384 e. The van der Waals surface area contributed by atoms with Gasteiger partial charge in [0, 0.05) is 23.4 Å². The molecule has 0 saturated heterocycles. The van der Waals surface area contributed by atoms with Gasteiger partial charge in [0.15, 0.2) is 0 Å². The standard InChI is InChI=1S/C15H11ClN2O3/c16-12-4-3-10(2-1-7-19)8-13(12)18-15(21)11-5-6-17-14(20)9-11/h3-6,8-9,19H,7H2,(H,17,20)(H,18,21). The summed E-state index contributed by atoms with van der Waals surface area (Å²) < 4.78 is 0. The third-order valence-electron chi connectivity index (χ3n) is 2.56. The van der Waals surface area contributed by atoms with E-state index in [0.29, 0.717) is 16.3 Å². The van der Waals surface area contributed by atoms with Crippen molar-refractivity contribution in [1.82, 2.24) is 4.98 Å². The van der Waals surface area contributed by atoms with Gasteiger partial charge in [-0.3, -0.25) is 9.59 Å². The number of aliphatic hydroxyl groups excluding tert-OH is 1. The molecule has 0 aliphatic heterocycles. The van der Waals surface area contributed by atoms with Crippen LogP contribution in [0.3, 0.4) is 0 Å². The van der Waals surface area contributed by atoms with Gasteiger partial charge in [-0.05, 0) is 24.3 Å². The number of rotatable bonds is 2. The summed E-state index contributed by atoms with van der Waals surface area (Å²) in [6.07, 6.45) is 1.39. The third kappa shape index (κ3) is 3.96. The van der Waals surface area contributed by atoms with E-state index >= 15 is 0 Å². The Morgan fingerprint density at radius 1 is 1.33 bits per heavy atom. The quantitative estimate of drug-likeness (QED) is 0.737. The molecule has 106 valence electrons. The van der Waals surface area contributed by atoms with Gasteiger partial charge >= 0.3 is 0 Å². The van der Waals surface area contributed by atoms with Crippen LogP contribution in [0.25, 0.3) is 0 Å². The van der Waals surface area contributed by atoms with E-state index in [4.69, 9.17) is 16.7 Å². The van der Waals surface area contributed by atoms with Crippen molar-refractivity contribution in [2.75, 3.05) is 11.9 Å². The smallest absolute Gasteiger partial charge is 0.255 e. The molecule has 0 radical (unpaired) electrons. The summed E-state index contributed by atoms with van der Waals surface area (Å²) in [5, 5.41) is 11.6. The molecule has 0 bridgehead atoms. The summed E-state index contributed by atoms with van der Waals surface area (Å²) in [5.74, 6) is 4.78. The molecule has 5 nitrogen and oxygen atoms in total. The van der Waals surface area contributed by atoms with Crippen LogP contribution in [-0.4, -0.2) is 22.6 Å². The molecule has 0 atom stereocenters. The van der Waals surface area contributed by atoms with Gasteiger partial charge in [0.05, 0.1) is 10.7 Å². The Morgan fingerprint density at radius 3 is 2.86 bits per heavy atom. The van der Waals surface area contributed by atoms with Gasteiger partial charge in [0.25, 0.3) is 5.91 Å². The molecule has 0 aliphatic carbocycles. The number of nitrogens with one attached hydrogen (secondary N) is 2. The van der Waals surface area contributed by atoms with Crippen molar-refractivity contribution in [2.45, 2.75) is 0 Å². The molecule has 1 amide bonds. The lowest BCUT2D eigenvalue weighted by Gasteiger charge is -2.07. The van der Waals surface area contributed by atoms with Crippen molar-refractivity contribution in [3.05, 3.63) is 63.0 Å². The number of carbonyl (C=O) groups excluding carboxylic acids is 1. The molecule has 2 rings (SSSR count). The van der Waals surface area contributed by atoms with Crippen LogP contribution >= 0.6 is 11.6 Å². The summed E-state index contributed by atoms with van der Waals surface area (Å²) in [6.45, 7) is -0.253. The number of benzene rings is 1.